The van der Waals surface area contributed by atoms with Gasteiger partial charge in [0.05, 0.1) is 44.1 Å². The number of H-pyrrole nitrogens is 1. The molecule has 1 aromatic carbocycles. The average Bonchev–Trinajstić information content (AvgIpc) is 2.64. The highest BCUT2D eigenvalue weighted by atomic mass is 32.1. The van der Waals surface area contributed by atoms with Crippen LogP contribution in [-0.4, -0.2) is 53.6 Å². The standard InChI is InChI=1S/C19H26N4O2S/c1-3-4-5-8-23-18(25)15-7-6-14(13-16(15)20-19(23)26)17(24)22-11-9-21(2)10-12-22/h6-7,13H,3-5,8-12H2,1-2H3,(H,20,26)/p+1. The van der Waals surface area contributed by atoms with Crippen LogP contribution in [0.5, 0.6) is 0 Å². The lowest BCUT2D eigenvalue weighted by molar-refractivity contribution is -0.883. The lowest BCUT2D eigenvalue weighted by Crippen LogP contribution is -3.12. The van der Waals surface area contributed by atoms with E-state index in [1.165, 1.54) is 4.90 Å². The van der Waals surface area contributed by atoms with Crippen molar-refractivity contribution in [3.8, 4) is 0 Å². The number of unbranched alkanes of at least 4 members (excludes halogenated alkanes) is 2. The number of quaternary nitrogens is 1. The first kappa shape index (κ1) is 18.8. The Bertz CT molecular complexity index is 910. The van der Waals surface area contributed by atoms with Crippen molar-refractivity contribution in [2.75, 3.05) is 33.2 Å². The van der Waals surface area contributed by atoms with Gasteiger partial charge in [0, 0.05) is 12.1 Å². The fraction of sp³-hybridized carbons (Fsp3) is 0.526. The maximum atomic E-state index is 12.8. The Morgan fingerprint density at radius 3 is 2.69 bits per heavy atom. The first-order valence-electron chi connectivity index (χ1n) is 9.38. The fourth-order valence-electron chi connectivity index (χ4n) is 3.38. The number of hydrogen-bond acceptors (Lipinski definition) is 3. The van der Waals surface area contributed by atoms with Gasteiger partial charge in [-0.1, -0.05) is 19.8 Å². The van der Waals surface area contributed by atoms with Crippen molar-refractivity contribution in [3.05, 3.63) is 38.9 Å². The van der Waals surface area contributed by atoms with E-state index in [1.54, 1.807) is 22.8 Å². The second-order valence-electron chi connectivity index (χ2n) is 7.10. The van der Waals surface area contributed by atoms with Gasteiger partial charge in [0.15, 0.2) is 4.77 Å². The highest BCUT2D eigenvalue weighted by Crippen LogP contribution is 2.13. The van der Waals surface area contributed by atoms with Crippen molar-refractivity contribution in [2.24, 2.45) is 0 Å². The summed E-state index contributed by atoms with van der Waals surface area (Å²) in [6, 6.07) is 5.26. The normalized spacial score (nSPS) is 15.5. The molecule has 1 saturated heterocycles. The van der Waals surface area contributed by atoms with Crippen LogP contribution < -0.4 is 10.5 Å². The number of likely N-dealkylation sites (N-methyl/N-ethyl adjacent to an activating group) is 1. The van der Waals surface area contributed by atoms with Crippen LogP contribution in [0.25, 0.3) is 10.9 Å². The van der Waals surface area contributed by atoms with Gasteiger partial charge in [-0.15, -0.1) is 0 Å². The van der Waals surface area contributed by atoms with Gasteiger partial charge in [-0.05, 0) is 36.8 Å². The van der Waals surface area contributed by atoms with Crippen LogP contribution >= 0.6 is 12.2 Å². The van der Waals surface area contributed by atoms with Crippen molar-refractivity contribution in [2.45, 2.75) is 32.7 Å². The number of rotatable bonds is 5. The molecule has 1 aromatic heterocycles. The molecule has 0 aliphatic carbocycles. The smallest absolute Gasteiger partial charge is 0.262 e. The second-order valence-corrected chi connectivity index (χ2v) is 7.49. The molecule has 26 heavy (non-hydrogen) atoms. The predicted molar refractivity (Wildman–Crippen MR) is 105 cm³/mol. The first-order valence-corrected chi connectivity index (χ1v) is 9.79. The molecule has 0 bridgehead atoms. The van der Waals surface area contributed by atoms with E-state index in [0.717, 1.165) is 45.4 Å². The van der Waals surface area contributed by atoms with Crippen LogP contribution in [0.4, 0.5) is 0 Å². The maximum absolute atomic E-state index is 12.8. The quantitative estimate of drug-likeness (QED) is 0.610. The van der Waals surface area contributed by atoms with Crippen LogP contribution in [0.3, 0.4) is 0 Å². The van der Waals surface area contributed by atoms with E-state index >= 15 is 0 Å². The van der Waals surface area contributed by atoms with E-state index < -0.39 is 0 Å². The summed E-state index contributed by atoms with van der Waals surface area (Å²) in [4.78, 5) is 32.0. The van der Waals surface area contributed by atoms with Crippen molar-refractivity contribution in [3.63, 3.8) is 0 Å². The van der Waals surface area contributed by atoms with Gasteiger partial charge in [-0.2, -0.15) is 0 Å². The van der Waals surface area contributed by atoms with E-state index in [4.69, 9.17) is 12.2 Å². The Labute approximate surface area is 158 Å². The molecule has 1 aliphatic heterocycles. The molecule has 3 rings (SSSR count). The summed E-state index contributed by atoms with van der Waals surface area (Å²) in [5.41, 5.74) is 1.16. The van der Waals surface area contributed by atoms with Gasteiger partial charge in [0.1, 0.15) is 0 Å². The predicted octanol–water partition coefficient (Wildman–Crippen LogP) is 1.22. The SMILES string of the molecule is CCCCCn1c(=S)[nH]c2cc(C(=O)N3CC[NH+](C)CC3)ccc2c1=O. The summed E-state index contributed by atoms with van der Waals surface area (Å²) in [5, 5.41) is 0.578. The topological polar surface area (TPSA) is 62.5 Å². The minimum absolute atomic E-state index is 0.0193. The van der Waals surface area contributed by atoms with Crippen LogP contribution in [-0.2, 0) is 6.54 Å². The molecule has 7 heteroatoms. The Balaban J connectivity index is 1.89. The molecule has 140 valence electrons. The molecule has 6 nitrogen and oxygen atoms in total. The van der Waals surface area contributed by atoms with Crippen molar-refractivity contribution in [1.82, 2.24) is 14.5 Å². The minimum atomic E-state index is -0.0814. The average molecular weight is 376 g/mol. The van der Waals surface area contributed by atoms with Gasteiger partial charge in [0.2, 0.25) is 0 Å². The van der Waals surface area contributed by atoms with Gasteiger partial charge in [-0.25, -0.2) is 0 Å². The molecule has 0 atom stereocenters. The van der Waals surface area contributed by atoms with Crippen LogP contribution in [0.2, 0.25) is 0 Å². The molecule has 2 heterocycles. The molecule has 2 aromatic rings. The number of carbonyl (C=O) groups is 1. The zero-order valence-corrected chi connectivity index (χ0v) is 16.3. The number of benzene rings is 1. The number of amides is 1. The lowest BCUT2D eigenvalue weighted by atomic mass is 10.1. The summed E-state index contributed by atoms with van der Waals surface area (Å²) in [6.07, 6.45) is 3.10. The lowest BCUT2D eigenvalue weighted by Gasteiger charge is -2.30. The Morgan fingerprint density at radius 2 is 2.00 bits per heavy atom. The summed E-state index contributed by atoms with van der Waals surface area (Å²) in [6.45, 7) is 6.20. The van der Waals surface area contributed by atoms with Crippen LogP contribution in [0.1, 0.15) is 36.5 Å². The number of aromatic nitrogens is 2. The first-order chi connectivity index (χ1) is 12.5. The third kappa shape index (κ3) is 3.88. The molecular formula is C19H27N4O2S+. The number of nitrogens with one attached hydrogen (secondary N) is 2. The largest absolute Gasteiger partial charge is 0.334 e. The number of hydrogen-bond donors (Lipinski definition) is 2. The molecule has 0 spiro atoms. The molecule has 0 radical (unpaired) electrons. The van der Waals surface area contributed by atoms with E-state index in [9.17, 15) is 9.59 Å². The highest BCUT2D eigenvalue weighted by molar-refractivity contribution is 7.71. The molecule has 1 aliphatic rings. The van der Waals surface area contributed by atoms with E-state index in [-0.39, 0.29) is 11.5 Å². The number of nitrogens with zero attached hydrogens (tertiary/aromatic N) is 2. The molecule has 0 saturated carbocycles. The summed E-state index contributed by atoms with van der Waals surface area (Å²) < 4.78 is 2.05. The Kier molecular flexibility index (Phi) is 5.88. The van der Waals surface area contributed by atoms with Crippen LogP contribution in [0.15, 0.2) is 23.0 Å². The van der Waals surface area contributed by atoms with Crippen molar-refractivity contribution >= 4 is 29.0 Å². The molecule has 0 unspecified atom stereocenters. The summed E-state index contributed by atoms with van der Waals surface area (Å²) in [7, 11) is 2.14. The fourth-order valence-corrected chi connectivity index (χ4v) is 3.67. The van der Waals surface area contributed by atoms with Gasteiger partial charge in [0.25, 0.3) is 11.5 Å². The number of fused-ring (bicyclic) bond motifs is 1. The molecular weight excluding hydrogens is 348 g/mol. The molecule has 1 amide bonds. The molecule has 2 N–H and O–H groups in total. The van der Waals surface area contributed by atoms with Gasteiger partial charge >= 0.3 is 0 Å². The second kappa shape index (κ2) is 8.14. The summed E-state index contributed by atoms with van der Waals surface area (Å²) >= 11 is 5.37. The van der Waals surface area contributed by atoms with Gasteiger partial charge < -0.3 is 14.8 Å². The Morgan fingerprint density at radius 1 is 1.27 bits per heavy atom. The Hall–Kier alpha value is -1.99. The zero-order chi connectivity index (χ0) is 18.7. The summed E-state index contributed by atoms with van der Waals surface area (Å²) in [5.74, 6) is 0.0193. The zero-order valence-electron chi connectivity index (χ0n) is 15.5. The maximum Gasteiger partial charge on any atom is 0.262 e. The number of aromatic amines is 1. The van der Waals surface area contributed by atoms with Crippen LogP contribution in [0, 0.1) is 4.77 Å². The highest BCUT2D eigenvalue weighted by Gasteiger charge is 2.22. The van der Waals surface area contributed by atoms with Crippen molar-refractivity contribution in [1.29, 1.82) is 0 Å². The third-order valence-corrected chi connectivity index (χ3v) is 5.44. The number of carbonyl (C=O) groups excluding carboxylic acids is 1. The molecule has 1 fully saturated rings. The third-order valence-electron chi connectivity index (χ3n) is 5.12. The monoisotopic (exact) mass is 375 g/mol. The van der Waals surface area contributed by atoms with E-state index in [0.29, 0.717) is 27.8 Å². The number of piperazine rings is 1. The van der Waals surface area contributed by atoms with Gasteiger partial charge in [-0.3, -0.25) is 14.2 Å². The van der Waals surface area contributed by atoms with E-state index in [1.807, 2.05) is 4.90 Å². The van der Waals surface area contributed by atoms with Crippen molar-refractivity contribution < 1.29 is 9.69 Å². The minimum Gasteiger partial charge on any atom is -0.334 e. The van der Waals surface area contributed by atoms with E-state index in [2.05, 4.69) is 19.0 Å².